The van der Waals surface area contributed by atoms with Gasteiger partial charge in [-0.25, -0.2) is 0 Å². The lowest BCUT2D eigenvalue weighted by Crippen LogP contribution is -2.48. The van der Waals surface area contributed by atoms with E-state index in [1.165, 1.54) is 0 Å². The minimum Gasteiger partial charge on any atom is -0.344 e. The van der Waals surface area contributed by atoms with Gasteiger partial charge in [-0.15, -0.1) is 0 Å². The number of carbonyl (C=O) groups is 2. The Kier molecular flexibility index (Phi) is 6.48. The van der Waals surface area contributed by atoms with Gasteiger partial charge in [-0.2, -0.15) is 0 Å². The molecule has 1 heterocycles. The molecule has 0 aromatic carbocycles. The van der Waals surface area contributed by atoms with Gasteiger partial charge in [0.05, 0.1) is 0 Å². The maximum atomic E-state index is 12.4. The quantitative estimate of drug-likeness (QED) is 0.775. The fourth-order valence-electron chi connectivity index (χ4n) is 2.15. The summed E-state index contributed by atoms with van der Waals surface area (Å²) in [4.78, 5) is 25.8. The smallest absolute Gasteiger partial charge is 0.245 e. The van der Waals surface area contributed by atoms with Crippen molar-refractivity contribution in [1.29, 1.82) is 0 Å². The molecule has 6 heteroatoms. The van der Waals surface area contributed by atoms with Gasteiger partial charge in [0, 0.05) is 42.3 Å². The number of carbonyl (C=O) groups excluding carboxylic acids is 2. The second-order valence-electron chi connectivity index (χ2n) is 5.14. The second kappa shape index (κ2) is 7.62. The molecule has 0 radical (unpaired) electrons. The zero-order valence-corrected chi connectivity index (χ0v) is 12.8. The minimum atomic E-state index is -0.832. The first kappa shape index (κ1) is 16.1. The molecule has 3 atom stereocenters. The Morgan fingerprint density at radius 3 is 2.74 bits per heavy atom. The van der Waals surface area contributed by atoms with Crippen molar-refractivity contribution >= 4 is 22.6 Å². The van der Waals surface area contributed by atoms with Crippen LogP contribution in [-0.2, 0) is 20.4 Å². The Morgan fingerprint density at radius 2 is 2.16 bits per heavy atom. The van der Waals surface area contributed by atoms with E-state index in [0.29, 0.717) is 25.3 Å². The molecule has 1 N–H and O–H groups in total. The van der Waals surface area contributed by atoms with Crippen molar-refractivity contribution in [1.82, 2.24) is 10.2 Å². The molecule has 0 aromatic heterocycles. The average molecular weight is 288 g/mol. The number of hydrogen-bond acceptors (Lipinski definition) is 3. The highest BCUT2D eigenvalue weighted by Crippen LogP contribution is 2.14. The Labute approximate surface area is 117 Å². The summed E-state index contributed by atoms with van der Waals surface area (Å²) in [6.07, 6.45) is 3.59. The van der Waals surface area contributed by atoms with Crippen LogP contribution in [0.2, 0.25) is 0 Å². The standard InChI is InChI=1S/C13H24N2O3S/c1-4-10(2)12-13(17)15(7-5-9-19(3)18)8-6-11(16)14-12/h10,12H,4-9H2,1-3H3,(H,14,16). The summed E-state index contributed by atoms with van der Waals surface area (Å²) in [6, 6.07) is -0.410. The summed E-state index contributed by atoms with van der Waals surface area (Å²) in [6.45, 7) is 5.04. The largest absolute Gasteiger partial charge is 0.344 e. The van der Waals surface area contributed by atoms with E-state index in [-0.39, 0.29) is 17.7 Å². The molecule has 1 rings (SSSR count). The lowest BCUT2D eigenvalue weighted by molar-refractivity contribution is -0.134. The fourth-order valence-corrected chi connectivity index (χ4v) is 2.69. The van der Waals surface area contributed by atoms with Crippen LogP contribution in [0.5, 0.6) is 0 Å². The van der Waals surface area contributed by atoms with E-state index in [9.17, 15) is 13.8 Å². The fraction of sp³-hybridized carbons (Fsp3) is 0.846. The van der Waals surface area contributed by atoms with Crippen LogP contribution in [0, 0.1) is 5.92 Å². The summed E-state index contributed by atoms with van der Waals surface area (Å²) in [5.74, 6) is 0.679. The molecular formula is C13H24N2O3S. The molecular weight excluding hydrogens is 264 g/mol. The van der Waals surface area contributed by atoms with Crippen molar-refractivity contribution < 1.29 is 13.8 Å². The number of nitrogens with zero attached hydrogens (tertiary/aromatic N) is 1. The van der Waals surface area contributed by atoms with Crippen LogP contribution in [-0.4, -0.2) is 52.1 Å². The van der Waals surface area contributed by atoms with Gasteiger partial charge in [-0.3, -0.25) is 13.8 Å². The first-order chi connectivity index (χ1) is 8.95. The number of amides is 2. The molecule has 0 saturated carbocycles. The van der Waals surface area contributed by atoms with Crippen molar-refractivity contribution in [2.75, 3.05) is 25.1 Å². The van der Waals surface area contributed by atoms with Crippen molar-refractivity contribution in [2.45, 2.75) is 39.2 Å². The summed E-state index contributed by atoms with van der Waals surface area (Å²) in [5.41, 5.74) is 0. The summed E-state index contributed by atoms with van der Waals surface area (Å²) < 4.78 is 11.0. The Bertz CT molecular complexity index is 360. The van der Waals surface area contributed by atoms with Crippen molar-refractivity contribution in [2.24, 2.45) is 5.92 Å². The van der Waals surface area contributed by atoms with Crippen molar-refractivity contribution in [3.63, 3.8) is 0 Å². The summed E-state index contributed by atoms with van der Waals surface area (Å²) in [5, 5.41) is 2.82. The third-order valence-corrected chi connectivity index (χ3v) is 4.44. The molecule has 1 fully saturated rings. The van der Waals surface area contributed by atoms with Gasteiger partial charge < -0.3 is 10.2 Å². The monoisotopic (exact) mass is 288 g/mol. The van der Waals surface area contributed by atoms with Crippen LogP contribution in [0.4, 0.5) is 0 Å². The van der Waals surface area contributed by atoms with Gasteiger partial charge in [0.2, 0.25) is 11.8 Å². The molecule has 1 aliphatic rings. The molecule has 5 nitrogen and oxygen atoms in total. The van der Waals surface area contributed by atoms with Crippen molar-refractivity contribution in [3.8, 4) is 0 Å². The highest BCUT2D eigenvalue weighted by atomic mass is 32.2. The first-order valence-corrected chi connectivity index (χ1v) is 8.56. The Balaban J connectivity index is 2.66. The van der Waals surface area contributed by atoms with Gasteiger partial charge in [-0.1, -0.05) is 20.3 Å². The number of rotatable bonds is 6. The third kappa shape index (κ3) is 4.93. The highest BCUT2D eigenvalue weighted by Gasteiger charge is 2.32. The van der Waals surface area contributed by atoms with Gasteiger partial charge in [0.25, 0.3) is 0 Å². The van der Waals surface area contributed by atoms with E-state index < -0.39 is 16.8 Å². The molecule has 0 bridgehead atoms. The molecule has 0 aliphatic carbocycles. The normalized spacial score (nSPS) is 23.7. The summed E-state index contributed by atoms with van der Waals surface area (Å²) in [7, 11) is -0.832. The highest BCUT2D eigenvalue weighted by molar-refractivity contribution is 7.84. The van der Waals surface area contributed by atoms with Crippen LogP contribution in [0.15, 0.2) is 0 Å². The molecule has 110 valence electrons. The van der Waals surface area contributed by atoms with Gasteiger partial charge >= 0.3 is 0 Å². The molecule has 0 aromatic rings. The molecule has 2 amide bonds. The first-order valence-electron chi connectivity index (χ1n) is 6.83. The number of nitrogens with one attached hydrogen (secondary N) is 1. The van der Waals surface area contributed by atoms with Crippen molar-refractivity contribution in [3.05, 3.63) is 0 Å². The predicted molar refractivity (Wildman–Crippen MR) is 76.1 cm³/mol. The molecule has 1 saturated heterocycles. The van der Waals surface area contributed by atoms with E-state index in [2.05, 4.69) is 5.32 Å². The van der Waals surface area contributed by atoms with E-state index >= 15 is 0 Å². The van der Waals surface area contributed by atoms with Crippen LogP contribution >= 0.6 is 0 Å². The van der Waals surface area contributed by atoms with E-state index in [0.717, 1.165) is 12.8 Å². The van der Waals surface area contributed by atoms with Gasteiger partial charge in [0.1, 0.15) is 6.04 Å². The number of hydrogen-bond donors (Lipinski definition) is 1. The average Bonchev–Trinajstić information content (AvgIpc) is 2.50. The van der Waals surface area contributed by atoms with E-state index in [1.807, 2.05) is 13.8 Å². The van der Waals surface area contributed by atoms with Crippen LogP contribution in [0.1, 0.15) is 33.1 Å². The molecule has 3 unspecified atom stereocenters. The molecule has 0 spiro atoms. The van der Waals surface area contributed by atoms with Crippen LogP contribution in [0.25, 0.3) is 0 Å². The van der Waals surface area contributed by atoms with E-state index in [4.69, 9.17) is 0 Å². The van der Waals surface area contributed by atoms with Crippen LogP contribution < -0.4 is 5.32 Å². The van der Waals surface area contributed by atoms with Crippen LogP contribution in [0.3, 0.4) is 0 Å². The lowest BCUT2D eigenvalue weighted by Gasteiger charge is -2.27. The Hall–Kier alpha value is -0.910. The van der Waals surface area contributed by atoms with Gasteiger partial charge in [-0.05, 0) is 12.3 Å². The molecule has 1 aliphatic heterocycles. The summed E-state index contributed by atoms with van der Waals surface area (Å²) >= 11 is 0. The third-order valence-electron chi connectivity index (χ3n) is 3.58. The zero-order valence-electron chi connectivity index (χ0n) is 12.0. The lowest BCUT2D eigenvalue weighted by atomic mass is 9.98. The topological polar surface area (TPSA) is 66.5 Å². The maximum absolute atomic E-state index is 12.4. The minimum absolute atomic E-state index is 0.00193. The second-order valence-corrected chi connectivity index (χ2v) is 6.69. The predicted octanol–water partition coefficient (Wildman–Crippen LogP) is 0.518. The SMILES string of the molecule is CCC(C)C1NC(=O)CCN(CCCS(C)=O)C1=O. The molecule has 19 heavy (non-hydrogen) atoms. The van der Waals surface area contributed by atoms with E-state index in [1.54, 1.807) is 11.2 Å². The zero-order chi connectivity index (χ0) is 14.4. The Morgan fingerprint density at radius 1 is 1.47 bits per heavy atom. The van der Waals surface area contributed by atoms with Gasteiger partial charge in [0.15, 0.2) is 0 Å². The maximum Gasteiger partial charge on any atom is 0.245 e.